The van der Waals surface area contributed by atoms with Gasteiger partial charge in [-0.15, -0.1) is 11.3 Å². The third kappa shape index (κ3) is 3.00. The summed E-state index contributed by atoms with van der Waals surface area (Å²) in [5, 5.41) is 1.89. The van der Waals surface area contributed by atoms with Gasteiger partial charge >= 0.3 is 0 Å². The highest BCUT2D eigenvalue weighted by molar-refractivity contribution is 9.11. The van der Waals surface area contributed by atoms with Crippen LogP contribution in [0.4, 0.5) is 4.39 Å². The summed E-state index contributed by atoms with van der Waals surface area (Å²) in [5.41, 5.74) is 0.830. The van der Waals surface area contributed by atoms with Crippen LogP contribution in [-0.2, 0) is 6.61 Å². The lowest BCUT2D eigenvalue weighted by atomic mass is 10.3. The molecule has 1 aromatic heterocycles. The number of nitrogens with zero attached hydrogens (tertiary/aromatic N) is 1. The van der Waals surface area contributed by atoms with Crippen LogP contribution in [0.15, 0.2) is 33.6 Å². The molecule has 15 heavy (non-hydrogen) atoms. The van der Waals surface area contributed by atoms with Crippen molar-refractivity contribution < 1.29 is 9.13 Å². The zero-order valence-corrected chi connectivity index (χ0v) is 10.0. The van der Waals surface area contributed by atoms with Crippen molar-refractivity contribution in [3.05, 3.63) is 45.1 Å². The summed E-state index contributed by atoms with van der Waals surface area (Å²) in [6.45, 7) is 0.353. The Balaban J connectivity index is 1.99. The maximum absolute atomic E-state index is 12.8. The fraction of sp³-hybridized carbons (Fsp3) is 0.100. The van der Waals surface area contributed by atoms with E-state index in [0.717, 1.165) is 9.61 Å². The second kappa shape index (κ2) is 4.72. The fourth-order valence-electron chi connectivity index (χ4n) is 1.06. The Bertz CT molecular complexity index is 460. The van der Waals surface area contributed by atoms with Crippen LogP contribution in [0.2, 0.25) is 0 Å². The summed E-state index contributed by atoms with van der Waals surface area (Å²) >= 11 is 4.76. The van der Waals surface area contributed by atoms with Crippen molar-refractivity contribution in [2.45, 2.75) is 6.61 Å². The maximum atomic E-state index is 12.8. The Morgan fingerprint density at radius 2 is 2.33 bits per heavy atom. The monoisotopic (exact) mass is 287 g/mol. The van der Waals surface area contributed by atoms with Crippen LogP contribution in [0.25, 0.3) is 0 Å². The van der Waals surface area contributed by atoms with E-state index in [1.807, 2.05) is 5.38 Å². The maximum Gasteiger partial charge on any atom is 0.159 e. The van der Waals surface area contributed by atoms with Crippen molar-refractivity contribution in [2.24, 2.45) is 0 Å². The van der Waals surface area contributed by atoms with E-state index in [0.29, 0.717) is 12.4 Å². The van der Waals surface area contributed by atoms with E-state index in [1.54, 1.807) is 12.1 Å². The van der Waals surface area contributed by atoms with Crippen molar-refractivity contribution in [2.75, 3.05) is 0 Å². The van der Waals surface area contributed by atoms with Gasteiger partial charge in [0.2, 0.25) is 0 Å². The van der Waals surface area contributed by atoms with Crippen molar-refractivity contribution in [1.29, 1.82) is 0 Å². The van der Waals surface area contributed by atoms with E-state index in [9.17, 15) is 4.39 Å². The number of hydrogen-bond acceptors (Lipinski definition) is 3. The molecule has 78 valence electrons. The molecule has 0 N–H and O–H groups in total. The third-order valence-corrected chi connectivity index (χ3v) is 3.12. The van der Waals surface area contributed by atoms with Crippen LogP contribution in [0.5, 0.6) is 5.75 Å². The number of rotatable bonds is 3. The molecule has 0 atom stereocenters. The van der Waals surface area contributed by atoms with Gasteiger partial charge in [0.05, 0.1) is 5.69 Å². The molecule has 0 aliphatic carbocycles. The highest BCUT2D eigenvalue weighted by atomic mass is 79.9. The van der Waals surface area contributed by atoms with Crippen LogP contribution in [0.1, 0.15) is 5.69 Å². The molecule has 2 aromatic rings. The molecular weight excluding hydrogens is 281 g/mol. The molecule has 5 heteroatoms. The highest BCUT2D eigenvalue weighted by Crippen LogP contribution is 2.18. The van der Waals surface area contributed by atoms with E-state index in [4.69, 9.17) is 4.74 Å². The van der Waals surface area contributed by atoms with Gasteiger partial charge in [0.1, 0.15) is 18.2 Å². The quantitative estimate of drug-likeness (QED) is 0.860. The average molecular weight is 288 g/mol. The molecule has 0 bridgehead atoms. The number of benzene rings is 1. The second-order valence-electron chi connectivity index (χ2n) is 2.84. The van der Waals surface area contributed by atoms with Crippen LogP contribution in [0.3, 0.4) is 0 Å². The second-order valence-corrected chi connectivity index (χ2v) is 4.97. The molecule has 0 fully saturated rings. The topological polar surface area (TPSA) is 22.1 Å². The van der Waals surface area contributed by atoms with Gasteiger partial charge in [0.15, 0.2) is 3.92 Å². The molecule has 2 nitrogen and oxygen atoms in total. The van der Waals surface area contributed by atoms with Gasteiger partial charge in [-0.05, 0) is 28.1 Å². The number of halogens is 2. The Hall–Kier alpha value is -0.940. The first-order valence-electron chi connectivity index (χ1n) is 4.22. The van der Waals surface area contributed by atoms with Gasteiger partial charge in [-0.2, -0.15) is 0 Å². The molecule has 0 unspecified atom stereocenters. The number of hydrogen-bond donors (Lipinski definition) is 0. The molecule has 0 amide bonds. The lowest BCUT2D eigenvalue weighted by Gasteiger charge is -2.03. The third-order valence-electron chi connectivity index (χ3n) is 1.71. The molecule has 1 aromatic carbocycles. The summed E-state index contributed by atoms with van der Waals surface area (Å²) in [7, 11) is 0. The first kappa shape index (κ1) is 10.6. The molecular formula is C10H7BrFNOS. The van der Waals surface area contributed by atoms with Gasteiger partial charge in [0.25, 0.3) is 0 Å². The van der Waals surface area contributed by atoms with Crippen molar-refractivity contribution >= 4 is 27.3 Å². The van der Waals surface area contributed by atoms with E-state index in [2.05, 4.69) is 20.9 Å². The molecule has 0 saturated carbocycles. The molecule has 0 aliphatic rings. The van der Waals surface area contributed by atoms with Gasteiger partial charge in [-0.25, -0.2) is 9.37 Å². The largest absolute Gasteiger partial charge is 0.487 e. The first-order valence-corrected chi connectivity index (χ1v) is 5.89. The summed E-state index contributed by atoms with van der Waals surface area (Å²) < 4.78 is 19.0. The molecule has 2 rings (SSSR count). The predicted molar refractivity (Wildman–Crippen MR) is 60.5 cm³/mol. The van der Waals surface area contributed by atoms with Crippen LogP contribution >= 0.6 is 27.3 Å². The normalized spacial score (nSPS) is 10.3. The number of ether oxygens (including phenoxy) is 1. The zero-order valence-electron chi connectivity index (χ0n) is 7.61. The summed E-state index contributed by atoms with van der Waals surface area (Å²) in [5.74, 6) is 0.214. The minimum absolute atomic E-state index is 0.299. The van der Waals surface area contributed by atoms with Crippen molar-refractivity contribution in [3.8, 4) is 5.75 Å². The average Bonchev–Trinajstić information content (AvgIpc) is 2.62. The Labute approximate surface area is 98.9 Å². The van der Waals surface area contributed by atoms with Gasteiger partial charge in [0, 0.05) is 11.4 Å². The van der Waals surface area contributed by atoms with E-state index < -0.39 is 0 Å². The van der Waals surface area contributed by atoms with E-state index in [1.165, 1.54) is 23.5 Å². The Morgan fingerprint density at radius 1 is 1.47 bits per heavy atom. The van der Waals surface area contributed by atoms with Crippen molar-refractivity contribution in [3.63, 3.8) is 0 Å². The Morgan fingerprint density at radius 3 is 3.00 bits per heavy atom. The Kier molecular flexibility index (Phi) is 3.33. The summed E-state index contributed by atoms with van der Waals surface area (Å²) in [6, 6.07) is 6.06. The summed E-state index contributed by atoms with van der Waals surface area (Å²) in [4.78, 5) is 4.16. The minimum atomic E-state index is -0.299. The SMILES string of the molecule is Fc1cccc(OCc2csc(Br)n2)c1. The standard InChI is InChI=1S/C10H7BrFNOS/c11-10-13-8(6-15-10)5-14-9-3-1-2-7(12)4-9/h1-4,6H,5H2. The zero-order chi connectivity index (χ0) is 10.7. The lowest BCUT2D eigenvalue weighted by molar-refractivity contribution is 0.300. The van der Waals surface area contributed by atoms with Gasteiger partial charge < -0.3 is 4.74 Å². The molecule has 0 spiro atoms. The van der Waals surface area contributed by atoms with Crippen LogP contribution in [0, 0.1) is 5.82 Å². The van der Waals surface area contributed by atoms with Crippen LogP contribution in [-0.4, -0.2) is 4.98 Å². The van der Waals surface area contributed by atoms with Crippen LogP contribution < -0.4 is 4.74 Å². The summed E-state index contributed by atoms with van der Waals surface area (Å²) in [6.07, 6.45) is 0. The lowest BCUT2D eigenvalue weighted by Crippen LogP contribution is -1.95. The predicted octanol–water partition coefficient (Wildman–Crippen LogP) is 3.62. The first-order chi connectivity index (χ1) is 7.24. The fourth-order valence-corrected chi connectivity index (χ4v) is 2.09. The van der Waals surface area contributed by atoms with E-state index >= 15 is 0 Å². The minimum Gasteiger partial charge on any atom is -0.487 e. The van der Waals surface area contributed by atoms with Crippen molar-refractivity contribution in [1.82, 2.24) is 4.98 Å². The number of thiazole rings is 1. The molecule has 0 radical (unpaired) electrons. The smallest absolute Gasteiger partial charge is 0.159 e. The van der Waals surface area contributed by atoms with Gasteiger partial charge in [-0.1, -0.05) is 6.07 Å². The molecule has 1 heterocycles. The molecule has 0 saturated heterocycles. The number of aromatic nitrogens is 1. The molecule has 0 aliphatic heterocycles. The highest BCUT2D eigenvalue weighted by Gasteiger charge is 2.01. The van der Waals surface area contributed by atoms with E-state index in [-0.39, 0.29) is 5.82 Å². The van der Waals surface area contributed by atoms with Gasteiger partial charge in [-0.3, -0.25) is 0 Å².